The van der Waals surface area contributed by atoms with Crippen LogP contribution in [0.2, 0.25) is 0 Å². The molecule has 0 heterocycles. The number of allylic oxidation sites excluding steroid dienone is 3. The number of aliphatic carboxylic acids is 1. The summed E-state index contributed by atoms with van der Waals surface area (Å²) in [5, 5.41) is 20.0. The predicted molar refractivity (Wildman–Crippen MR) is 135 cm³/mol. The van der Waals surface area contributed by atoms with E-state index in [1.807, 2.05) is 6.08 Å². The van der Waals surface area contributed by atoms with Gasteiger partial charge in [-0.1, -0.05) is 58.8 Å². The number of aliphatic hydroxyl groups excluding tert-OH is 1. The van der Waals surface area contributed by atoms with Crippen LogP contribution in [0.5, 0.6) is 0 Å². The van der Waals surface area contributed by atoms with Gasteiger partial charge >= 0.3 is 5.97 Å². The van der Waals surface area contributed by atoms with Crippen molar-refractivity contribution in [3.05, 3.63) is 22.8 Å². The maximum absolute atomic E-state index is 11.1. The largest absolute Gasteiger partial charge is 0.478 e. The van der Waals surface area contributed by atoms with E-state index in [0.29, 0.717) is 34.2 Å². The molecule has 0 saturated heterocycles. The Kier molecular flexibility index (Phi) is 6.25. The Balaban J connectivity index is 1.60. The lowest BCUT2D eigenvalue weighted by Gasteiger charge is -2.62. The number of aliphatic hydroxyl groups is 1. The van der Waals surface area contributed by atoms with Crippen molar-refractivity contribution >= 4 is 5.97 Å². The third-order valence-corrected chi connectivity index (χ3v) is 11.9. The minimum atomic E-state index is -0.794. The zero-order valence-corrected chi connectivity index (χ0v) is 22.3. The molecule has 0 radical (unpaired) electrons. The van der Waals surface area contributed by atoms with E-state index in [4.69, 9.17) is 5.11 Å². The van der Waals surface area contributed by atoms with Crippen LogP contribution in [0.15, 0.2) is 22.8 Å². The molecule has 0 amide bonds. The van der Waals surface area contributed by atoms with Crippen LogP contribution >= 0.6 is 0 Å². The first kappa shape index (κ1) is 25.0. The number of carboxylic acid groups (broad SMARTS) is 1. The summed E-state index contributed by atoms with van der Waals surface area (Å²) in [7, 11) is 0. The lowest BCUT2D eigenvalue weighted by molar-refractivity contribution is -0.132. The van der Waals surface area contributed by atoms with Gasteiger partial charge in [0.05, 0.1) is 6.10 Å². The van der Waals surface area contributed by atoms with Crippen LogP contribution in [0.4, 0.5) is 0 Å². The van der Waals surface area contributed by atoms with E-state index in [9.17, 15) is 9.90 Å². The maximum atomic E-state index is 11.1. The number of hydrogen-bond donors (Lipinski definition) is 2. The maximum Gasteiger partial charge on any atom is 0.330 e. The Morgan fingerprint density at radius 3 is 2.39 bits per heavy atom. The predicted octanol–water partition coefficient (Wildman–Crippen LogP) is 7.54. The number of carboxylic acids is 1. The number of fused-ring (bicyclic) bond motifs is 4. The Labute approximate surface area is 202 Å². The first-order valence-corrected chi connectivity index (χ1v) is 13.6. The SMILES string of the molecule is C/C(=C/CCC(C)[C@@H]1CC[C@]2(C)C3=C(CC[C@@]12C)[C@@]1(C)CC[C@@H](O)C(C)(C)[C@@H]1CC3)C(=O)O. The van der Waals surface area contributed by atoms with Crippen LogP contribution < -0.4 is 0 Å². The summed E-state index contributed by atoms with van der Waals surface area (Å²) >= 11 is 0. The van der Waals surface area contributed by atoms with Gasteiger partial charge in [-0.25, -0.2) is 4.79 Å². The highest BCUT2D eigenvalue weighted by Crippen LogP contribution is 2.72. The molecule has 7 atom stereocenters. The minimum absolute atomic E-state index is 0.00150. The van der Waals surface area contributed by atoms with Crippen molar-refractivity contribution in [3.63, 3.8) is 0 Å². The number of hydrogen-bond acceptors (Lipinski definition) is 2. The van der Waals surface area contributed by atoms with Gasteiger partial charge in [-0.3, -0.25) is 0 Å². The van der Waals surface area contributed by atoms with E-state index in [0.717, 1.165) is 25.7 Å². The highest BCUT2D eigenvalue weighted by atomic mass is 16.4. The molecule has 4 aliphatic carbocycles. The van der Waals surface area contributed by atoms with Crippen molar-refractivity contribution < 1.29 is 15.0 Å². The summed E-state index contributed by atoms with van der Waals surface area (Å²) in [5.74, 6) is 1.12. The second kappa shape index (κ2) is 8.25. The minimum Gasteiger partial charge on any atom is -0.478 e. The monoisotopic (exact) mass is 456 g/mol. The van der Waals surface area contributed by atoms with Gasteiger partial charge in [0.15, 0.2) is 0 Å². The number of carbonyl (C=O) groups is 1. The van der Waals surface area contributed by atoms with Crippen molar-refractivity contribution in [2.45, 2.75) is 119 Å². The first-order chi connectivity index (χ1) is 15.3. The summed E-state index contributed by atoms with van der Waals surface area (Å²) in [6.07, 6.45) is 13.3. The van der Waals surface area contributed by atoms with Crippen LogP contribution in [-0.2, 0) is 4.79 Å². The van der Waals surface area contributed by atoms with E-state index in [1.165, 1.54) is 38.5 Å². The summed E-state index contributed by atoms with van der Waals surface area (Å²) in [6.45, 7) is 16.5. The molecule has 186 valence electrons. The molecule has 4 rings (SSSR count). The van der Waals surface area contributed by atoms with Crippen molar-refractivity contribution in [1.82, 2.24) is 0 Å². The first-order valence-electron chi connectivity index (χ1n) is 13.6. The zero-order valence-electron chi connectivity index (χ0n) is 22.3. The van der Waals surface area contributed by atoms with E-state index in [2.05, 4.69) is 41.5 Å². The molecule has 0 bridgehead atoms. The summed E-state index contributed by atoms with van der Waals surface area (Å²) < 4.78 is 0. The normalized spacial score (nSPS) is 43.5. The molecule has 4 aliphatic rings. The average molecular weight is 457 g/mol. The van der Waals surface area contributed by atoms with Gasteiger partial charge in [-0.05, 0) is 111 Å². The molecule has 2 N–H and O–H groups in total. The average Bonchev–Trinajstić information content (AvgIpc) is 3.02. The second-order valence-electron chi connectivity index (χ2n) is 13.5. The van der Waals surface area contributed by atoms with Crippen molar-refractivity contribution in [3.8, 4) is 0 Å². The van der Waals surface area contributed by atoms with Gasteiger partial charge in [0.2, 0.25) is 0 Å². The molecule has 3 heteroatoms. The molecule has 3 nitrogen and oxygen atoms in total. The molecule has 0 aromatic carbocycles. The molecule has 0 aromatic heterocycles. The summed E-state index contributed by atoms with van der Waals surface area (Å²) in [4.78, 5) is 11.1. The van der Waals surface area contributed by atoms with E-state index >= 15 is 0 Å². The highest BCUT2D eigenvalue weighted by molar-refractivity contribution is 5.85. The Morgan fingerprint density at radius 2 is 1.73 bits per heavy atom. The van der Waals surface area contributed by atoms with Crippen LogP contribution in [0.1, 0.15) is 113 Å². The van der Waals surface area contributed by atoms with E-state index < -0.39 is 5.97 Å². The molecule has 0 aromatic rings. The molecule has 2 saturated carbocycles. The number of rotatable bonds is 5. The van der Waals surface area contributed by atoms with Gasteiger partial charge in [-0.15, -0.1) is 0 Å². The van der Waals surface area contributed by atoms with Crippen LogP contribution in [0.25, 0.3) is 0 Å². The Morgan fingerprint density at radius 1 is 1.03 bits per heavy atom. The quantitative estimate of drug-likeness (QED) is 0.332. The third-order valence-electron chi connectivity index (χ3n) is 11.9. The molecule has 33 heavy (non-hydrogen) atoms. The zero-order chi connectivity index (χ0) is 24.4. The fourth-order valence-corrected chi connectivity index (χ4v) is 9.48. The van der Waals surface area contributed by atoms with Crippen LogP contribution in [-0.4, -0.2) is 22.3 Å². The van der Waals surface area contributed by atoms with Gasteiger partial charge in [-0.2, -0.15) is 0 Å². The second-order valence-corrected chi connectivity index (χ2v) is 13.5. The van der Waals surface area contributed by atoms with Gasteiger partial charge in [0, 0.05) is 5.57 Å². The fourth-order valence-electron chi connectivity index (χ4n) is 9.48. The fraction of sp³-hybridized carbons (Fsp3) is 0.833. The van der Waals surface area contributed by atoms with E-state index in [-0.39, 0.29) is 16.9 Å². The van der Waals surface area contributed by atoms with Crippen LogP contribution in [0, 0.1) is 39.4 Å². The Bertz CT molecular complexity index is 866. The summed E-state index contributed by atoms with van der Waals surface area (Å²) in [6, 6.07) is 0. The summed E-state index contributed by atoms with van der Waals surface area (Å²) in [5.41, 5.74) is 4.95. The molecule has 0 aliphatic heterocycles. The van der Waals surface area contributed by atoms with Gasteiger partial charge < -0.3 is 10.2 Å². The van der Waals surface area contributed by atoms with Gasteiger partial charge in [0.1, 0.15) is 0 Å². The van der Waals surface area contributed by atoms with Crippen LogP contribution in [0.3, 0.4) is 0 Å². The van der Waals surface area contributed by atoms with Crippen molar-refractivity contribution in [2.75, 3.05) is 0 Å². The molecule has 2 fully saturated rings. The topological polar surface area (TPSA) is 57.5 Å². The van der Waals surface area contributed by atoms with Crippen molar-refractivity contribution in [2.24, 2.45) is 39.4 Å². The molecule has 0 spiro atoms. The van der Waals surface area contributed by atoms with Crippen molar-refractivity contribution in [1.29, 1.82) is 0 Å². The molecular formula is C30H48O3. The smallest absolute Gasteiger partial charge is 0.330 e. The third kappa shape index (κ3) is 3.58. The highest BCUT2D eigenvalue weighted by Gasteiger charge is 2.63. The Hall–Kier alpha value is -1.09. The molecular weight excluding hydrogens is 408 g/mol. The lowest BCUT2D eigenvalue weighted by atomic mass is 9.43. The standard InChI is InChI=1S/C30H48O3/c1-19(9-8-10-20(2)26(32)33)21-13-17-30(7)23-11-12-24-27(3,4)25(31)15-16-28(24,5)22(23)14-18-29(21,30)6/h10,19,21,24-25,31H,8-9,11-18H2,1-7H3,(H,32,33)/b20-10-/t19?,21-,24-,25+,28+,29-,30+/m0/s1. The van der Waals surface area contributed by atoms with Gasteiger partial charge in [0.25, 0.3) is 0 Å². The van der Waals surface area contributed by atoms with E-state index in [1.54, 1.807) is 18.1 Å². The lowest BCUT2D eigenvalue weighted by Crippen LogP contribution is -2.55. The molecule has 1 unspecified atom stereocenters.